The van der Waals surface area contributed by atoms with E-state index in [0.717, 1.165) is 11.3 Å². The second-order valence-corrected chi connectivity index (χ2v) is 3.75. The van der Waals surface area contributed by atoms with Crippen molar-refractivity contribution in [2.45, 2.75) is 13.5 Å². The van der Waals surface area contributed by atoms with Crippen LogP contribution in [0.25, 0.3) is 0 Å². The lowest BCUT2D eigenvalue weighted by Gasteiger charge is -2.10. The zero-order valence-electron chi connectivity index (χ0n) is 9.74. The highest BCUT2D eigenvalue weighted by Crippen LogP contribution is 2.10. The molecule has 1 amide bonds. The van der Waals surface area contributed by atoms with Gasteiger partial charge in [0.15, 0.2) is 5.11 Å². The summed E-state index contributed by atoms with van der Waals surface area (Å²) in [5, 5.41) is 3.33. The highest BCUT2D eigenvalue weighted by Gasteiger charge is 1.97. The summed E-state index contributed by atoms with van der Waals surface area (Å²) in [5.41, 5.74) is 6.03. The Morgan fingerprint density at radius 2 is 1.94 bits per heavy atom. The van der Waals surface area contributed by atoms with Crippen LogP contribution >= 0.6 is 12.2 Å². The Hall–Kier alpha value is -1.82. The maximum Gasteiger partial charge on any atom is 0.235 e. The van der Waals surface area contributed by atoms with Crippen molar-refractivity contribution < 1.29 is 9.53 Å². The minimum atomic E-state index is -0.196. The van der Waals surface area contributed by atoms with Crippen LogP contribution < -0.4 is 20.9 Å². The van der Waals surface area contributed by atoms with Gasteiger partial charge in [0.2, 0.25) is 5.91 Å². The Morgan fingerprint density at radius 1 is 1.29 bits per heavy atom. The molecule has 0 aromatic heterocycles. The van der Waals surface area contributed by atoms with Crippen LogP contribution in [-0.2, 0) is 11.3 Å². The molecule has 0 unspecified atom stereocenters. The van der Waals surface area contributed by atoms with E-state index in [2.05, 4.69) is 16.2 Å². The fourth-order valence-electron chi connectivity index (χ4n) is 1.11. The van der Waals surface area contributed by atoms with Crippen molar-refractivity contribution in [2.75, 3.05) is 7.11 Å². The lowest BCUT2D eigenvalue weighted by atomic mass is 10.2. The van der Waals surface area contributed by atoms with Crippen LogP contribution in [0.1, 0.15) is 12.5 Å². The number of methoxy groups -OCH3 is 1. The van der Waals surface area contributed by atoms with Crippen molar-refractivity contribution in [3.05, 3.63) is 29.8 Å². The number of ether oxygens (including phenoxy) is 1. The molecule has 1 rings (SSSR count). The van der Waals surface area contributed by atoms with E-state index in [-0.39, 0.29) is 5.91 Å². The summed E-state index contributed by atoms with van der Waals surface area (Å²) in [6, 6.07) is 7.63. The number of hydrogen-bond acceptors (Lipinski definition) is 3. The minimum absolute atomic E-state index is 0.196. The number of benzene rings is 1. The molecule has 0 spiro atoms. The Balaban J connectivity index is 2.34. The molecule has 0 aliphatic carbocycles. The summed E-state index contributed by atoms with van der Waals surface area (Å²) in [5.74, 6) is 0.617. The van der Waals surface area contributed by atoms with E-state index in [4.69, 9.17) is 17.0 Å². The van der Waals surface area contributed by atoms with E-state index in [1.54, 1.807) is 7.11 Å². The first-order chi connectivity index (χ1) is 8.11. The molecule has 1 aromatic rings. The molecule has 0 bridgehead atoms. The van der Waals surface area contributed by atoms with Crippen LogP contribution in [0, 0.1) is 0 Å². The molecule has 92 valence electrons. The van der Waals surface area contributed by atoms with Gasteiger partial charge in [-0.15, -0.1) is 0 Å². The van der Waals surface area contributed by atoms with E-state index < -0.39 is 0 Å². The van der Waals surface area contributed by atoms with Crippen LogP contribution in [0.5, 0.6) is 5.75 Å². The zero-order chi connectivity index (χ0) is 12.7. The standard InChI is InChI=1S/C11H15N3O2S/c1-8(15)13-14-11(17)12-7-9-3-5-10(16-2)6-4-9/h3-6H,7H2,1-2H3,(H,13,15)(H2,12,14,17). The van der Waals surface area contributed by atoms with Gasteiger partial charge in [-0.2, -0.15) is 0 Å². The lowest BCUT2D eigenvalue weighted by molar-refractivity contribution is -0.119. The van der Waals surface area contributed by atoms with Gasteiger partial charge in [0, 0.05) is 13.5 Å². The molecule has 0 heterocycles. The first kappa shape index (κ1) is 13.2. The quantitative estimate of drug-likeness (QED) is 0.547. The summed E-state index contributed by atoms with van der Waals surface area (Å²) in [7, 11) is 1.62. The van der Waals surface area contributed by atoms with E-state index in [0.29, 0.717) is 11.7 Å². The third-order valence-corrected chi connectivity index (χ3v) is 2.21. The molecule has 0 radical (unpaired) electrons. The van der Waals surface area contributed by atoms with Crippen molar-refractivity contribution in [3.8, 4) is 5.75 Å². The highest BCUT2D eigenvalue weighted by atomic mass is 32.1. The Bertz CT molecular complexity index is 392. The number of amides is 1. The molecule has 0 aliphatic heterocycles. The third-order valence-electron chi connectivity index (χ3n) is 1.96. The van der Waals surface area contributed by atoms with E-state index in [1.807, 2.05) is 24.3 Å². The Morgan fingerprint density at radius 3 is 2.47 bits per heavy atom. The second-order valence-electron chi connectivity index (χ2n) is 3.34. The van der Waals surface area contributed by atoms with E-state index >= 15 is 0 Å². The van der Waals surface area contributed by atoms with Gasteiger partial charge in [-0.3, -0.25) is 15.6 Å². The molecule has 0 atom stereocenters. The van der Waals surface area contributed by atoms with Gasteiger partial charge in [0.1, 0.15) is 5.75 Å². The first-order valence-corrected chi connectivity index (χ1v) is 5.46. The normalized spacial score (nSPS) is 9.29. The number of thiocarbonyl (C=S) groups is 1. The molecule has 0 saturated heterocycles. The van der Waals surface area contributed by atoms with Gasteiger partial charge in [-0.1, -0.05) is 12.1 Å². The van der Waals surface area contributed by atoms with Crippen molar-refractivity contribution in [3.63, 3.8) is 0 Å². The summed E-state index contributed by atoms with van der Waals surface area (Å²) in [4.78, 5) is 10.6. The van der Waals surface area contributed by atoms with Gasteiger partial charge < -0.3 is 10.1 Å². The molecular weight excluding hydrogens is 238 g/mol. The molecule has 3 N–H and O–H groups in total. The number of carbonyl (C=O) groups is 1. The summed E-state index contributed by atoms with van der Waals surface area (Å²) < 4.78 is 5.05. The molecule has 0 fully saturated rings. The average molecular weight is 253 g/mol. The van der Waals surface area contributed by atoms with Crippen LogP contribution in [0.3, 0.4) is 0 Å². The molecule has 1 aromatic carbocycles. The topological polar surface area (TPSA) is 62.4 Å². The van der Waals surface area contributed by atoms with Crippen molar-refractivity contribution >= 4 is 23.2 Å². The summed E-state index contributed by atoms with van der Waals surface area (Å²) >= 11 is 4.96. The van der Waals surface area contributed by atoms with Gasteiger partial charge in [-0.25, -0.2) is 0 Å². The van der Waals surface area contributed by atoms with Crippen LogP contribution in [-0.4, -0.2) is 18.1 Å². The zero-order valence-corrected chi connectivity index (χ0v) is 10.6. The first-order valence-electron chi connectivity index (χ1n) is 5.05. The third kappa shape index (κ3) is 5.17. The fraction of sp³-hybridized carbons (Fsp3) is 0.273. The Labute approximate surface area is 106 Å². The molecule has 0 aliphatic rings. The van der Waals surface area contributed by atoms with Crippen LogP contribution in [0.2, 0.25) is 0 Å². The highest BCUT2D eigenvalue weighted by molar-refractivity contribution is 7.80. The van der Waals surface area contributed by atoms with Gasteiger partial charge >= 0.3 is 0 Å². The Kier molecular flexibility index (Phi) is 5.22. The number of hydrazine groups is 1. The predicted octanol–water partition coefficient (Wildman–Crippen LogP) is 0.710. The predicted molar refractivity (Wildman–Crippen MR) is 69.4 cm³/mol. The number of carbonyl (C=O) groups excluding carboxylic acids is 1. The molecule has 6 heteroatoms. The smallest absolute Gasteiger partial charge is 0.235 e. The van der Waals surface area contributed by atoms with Gasteiger partial charge in [-0.05, 0) is 29.9 Å². The van der Waals surface area contributed by atoms with E-state index in [1.165, 1.54) is 6.92 Å². The average Bonchev–Trinajstić information content (AvgIpc) is 2.34. The minimum Gasteiger partial charge on any atom is -0.497 e. The molecule has 0 saturated carbocycles. The monoisotopic (exact) mass is 253 g/mol. The largest absolute Gasteiger partial charge is 0.497 e. The second kappa shape index (κ2) is 6.70. The molecule has 17 heavy (non-hydrogen) atoms. The van der Waals surface area contributed by atoms with Gasteiger partial charge in [0.05, 0.1) is 7.11 Å². The van der Waals surface area contributed by atoms with Crippen molar-refractivity contribution in [2.24, 2.45) is 0 Å². The maximum atomic E-state index is 10.6. The van der Waals surface area contributed by atoms with E-state index in [9.17, 15) is 4.79 Å². The number of rotatable bonds is 3. The SMILES string of the molecule is COc1ccc(CNC(=S)NNC(C)=O)cc1. The number of nitrogens with one attached hydrogen (secondary N) is 3. The van der Waals surface area contributed by atoms with Crippen LogP contribution in [0.4, 0.5) is 0 Å². The number of hydrogen-bond donors (Lipinski definition) is 3. The van der Waals surface area contributed by atoms with Crippen LogP contribution in [0.15, 0.2) is 24.3 Å². The molecule has 5 nitrogen and oxygen atoms in total. The fourth-order valence-corrected chi connectivity index (χ4v) is 1.24. The van der Waals surface area contributed by atoms with Gasteiger partial charge in [0.25, 0.3) is 0 Å². The summed E-state index contributed by atoms with van der Waals surface area (Å²) in [6.07, 6.45) is 0. The maximum absolute atomic E-state index is 10.6. The molecular formula is C11H15N3O2S. The lowest BCUT2D eigenvalue weighted by Crippen LogP contribution is -2.45. The van der Waals surface area contributed by atoms with Crippen molar-refractivity contribution in [1.82, 2.24) is 16.2 Å². The van der Waals surface area contributed by atoms with Crippen molar-refractivity contribution in [1.29, 1.82) is 0 Å². The summed E-state index contributed by atoms with van der Waals surface area (Å²) in [6.45, 7) is 1.98.